The Morgan fingerprint density at radius 3 is 2.64 bits per heavy atom. The zero-order valence-corrected chi connectivity index (χ0v) is 12.9. The number of rotatable bonds is 5. The summed E-state index contributed by atoms with van der Waals surface area (Å²) in [5.74, 6) is 0. The van der Waals surface area contributed by atoms with Crippen molar-refractivity contribution < 1.29 is 4.79 Å². The highest BCUT2D eigenvalue weighted by Gasteiger charge is 2.30. The summed E-state index contributed by atoms with van der Waals surface area (Å²) in [5, 5.41) is 7.27. The maximum atomic E-state index is 11.7. The van der Waals surface area contributed by atoms with Crippen molar-refractivity contribution in [1.29, 1.82) is 0 Å². The molecule has 22 heavy (non-hydrogen) atoms. The van der Waals surface area contributed by atoms with E-state index >= 15 is 0 Å². The van der Waals surface area contributed by atoms with Crippen LogP contribution in [0.15, 0.2) is 12.4 Å². The number of nitrogens with one attached hydrogen (secondary N) is 1. The third-order valence-corrected chi connectivity index (χ3v) is 5.00. The summed E-state index contributed by atoms with van der Waals surface area (Å²) in [7, 11) is 0. The number of hydrogen-bond acceptors (Lipinski definition) is 4. The van der Waals surface area contributed by atoms with Gasteiger partial charge in [-0.25, -0.2) is 4.79 Å². The molecule has 7 nitrogen and oxygen atoms in total. The second-order valence-electron chi connectivity index (χ2n) is 6.52. The van der Waals surface area contributed by atoms with Crippen molar-refractivity contribution in [3.05, 3.63) is 12.4 Å². The maximum absolute atomic E-state index is 11.7. The van der Waals surface area contributed by atoms with Crippen molar-refractivity contribution in [3.8, 4) is 0 Å². The summed E-state index contributed by atoms with van der Waals surface area (Å²) in [4.78, 5) is 18.5. The van der Waals surface area contributed by atoms with Crippen LogP contribution in [0.3, 0.4) is 0 Å². The number of carbonyl (C=O) groups excluding carboxylic acids is 1. The first-order chi connectivity index (χ1) is 10.8. The average Bonchev–Trinajstić information content (AvgIpc) is 3.17. The van der Waals surface area contributed by atoms with E-state index in [0.717, 1.165) is 31.9 Å². The second kappa shape index (κ2) is 5.89. The highest BCUT2D eigenvalue weighted by molar-refractivity contribution is 5.93. The lowest BCUT2D eigenvalue weighted by molar-refractivity contribution is 0.0877. The maximum Gasteiger partial charge on any atom is 0.322 e. The van der Waals surface area contributed by atoms with Crippen LogP contribution in [-0.2, 0) is 0 Å². The molecule has 0 radical (unpaired) electrons. The van der Waals surface area contributed by atoms with Crippen LogP contribution in [0, 0.1) is 0 Å². The molecule has 0 bridgehead atoms. The lowest BCUT2D eigenvalue weighted by atomic mass is 10.1. The van der Waals surface area contributed by atoms with Gasteiger partial charge in [-0.2, -0.15) is 5.10 Å². The molecular formula is C15H24N6O. The topological polar surface area (TPSA) is 56.6 Å². The Morgan fingerprint density at radius 2 is 1.91 bits per heavy atom. The summed E-state index contributed by atoms with van der Waals surface area (Å²) in [5.41, 5.74) is 0.908. The quantitative estimate of drug-likeness (QED) is 0.854. The standard InChI is InChI=1S/C15H24N6O/c22-15-16-3-6-20(15)13-9-17-21(12-13)14-10-19(11-14)8-7-18-4-1-2-5-18/h9,12,14H,1-8,10-11H2,(H,16,22). The van der Waals surface area contributed by atoms with E-state index in [9.17, 15) is 4.79 Å². The first kappa shape index (κ1) is 14.0. The fourth-order valence-corrected chi connectivity index (χ4v) is 3.57. The number of nitrogens with zero attached hydrogens (tertiary/aromatic N) is 5. The molecule has 2 amide bonds. The SMILES string of the molecule is O=C1NCCN1c1cnn(C2CN(CCN3CCCC3)C2)c1. The van der Waals surface area contributed by atoms with E-state index in [0.29, 0.717) is 6.04 Å². The van der Waals surface area contributed by atoms with Crippen LogP contribution in [-0.4, -0.2) is 78.0 Å². The van der Waals surface area contributed by atoms with Crippen molar-refractivity contribution in [2.75, 3.05) is 57.3 Å². The molecule has 1 N–H and O–H groups in total. The van der Waals surface area contributed by atoms with Crippen LogP contribution in [0.25, 0.3) is 0 Å². The normalized spacial score (nSPS) is 24.0. The van der Waals surface area contributed by atoms with Gasteiger partial charge in [0.2, 0.25) is 0 Å². The van der Waals surface area contributed by atoms with Gasteiger partial charge in [0.1, 0.15) is 0 Å². The van der Waals surface area contributed by atoms with Gasteiger partial charge in [0, 0.05) is 45.5 Å². The fraction of sp³-hybridized carbons (Fsp3) is 0.733. The number of carbonyl (C=O) groups is 1. The number of likely N-dealkylation sites (tertiary alicyclic amines) is 2. The summed E-state index contributed by atoms with van der Waals surface area (Å²) in [6.07, 6.45) is 6.54. The zero-order chi connectivity index (χ0) is 14.9. The van der Waals surface area contributed by atoms with E-state index in [1.807, 2.05) is 10.9 Å². The molecule has 0 saturated carbocycles. The third-order valence-electron chi connectivity index (χ3n) is 5.00. The molecule has 3 aliphatic rings. The molecule has 0 spiro atoms. The molecule has 4 heterocycles. The van der Waals surface area contributed by atoms with Gasteiger partial charge < -0.3 is 10.2 Å². The van der Waals surface area contributed by atoms with Crippen LogP contribution in [0.5, 0.6) is 0 Å². The molecular weight excluding hydrogens is 280 g/mol. The number of aromatic nitrogens is 2. The van der Waals surface area contributed by atoms with E-state index in [1.54, 1.807) is 11.1 Å². The van der Waals surface area contributed by atoms with Crippen molar-refractivity contribution in [2.45, 2.75) is 18.9 Å². The lowest BCUT2D eigenvalue weighted by Crippen LogP contribution is -2.50. The van der Waals surface area contributed by atoms with Gasteiger partial charge in [0.25, 0.3) is 0 Å². The molecule has 0 aliphatic carbocycles. The van der Waals surface area contributed by atoms with Gasteiger partial charge in [-0.05, 0) is 25.9 Å². The van der Waals surface area contributed by atoms with Crippen LogP contribution in [0.4, 0.5) is 10.5 Å². The molecule has 3 fully saturated rings. The Kier molecular flexibility index (Phi) is 3.75. The molecule has 0 unspecified atom stereocenters. The summed E-state index contributed by atoms with van der Waals surface area (Å²) >= 11 is 0. The predicted molar refractivity (Wildman–Crippen MR) is 84.1 cm³/mol. The van der Waals surface area contributed by atoms with Crippen LogP contribution < -0.4 is 10.2 Å². The first-order valence-corrected chi connectivity index (χ1v) is 8.34. The highest BCUT2D eigenvalue weighted by atomic mass is 16.2. The number of amides is 2. The minimum atomic E-state index is -0.0135. The van der Waals surface area contributed by atoms with Gasteiger partial charge in [-0.1, -0.05) is 0 Å². The molecule has 4 rings (SSSR count). The largest absolute Gasteiger partial charge is 0.336 e. The van der Waals surface area contributed by atoms with Crippen LogP contribution in [0.1, 0.15) is 18.9 Å². The molecule has 3 saturated heterocycles. The Hall–Kier alpha value is -1.60. The van der Waals surface area contributed by atoms with E-state index < -0.39 is 0 Å². The molecule has 1 aromatic rings. The Morgan fingerprint density at radius 1 is 1.14 bits per heavy atom. The Labute approximate surface area is 130 Å². The van der Waals surface area contributed by atoms with Gasteiger partial charge >= 0.3 is 6.03 Å². The van der Waals surface area contributed by atoms with Crippen molar-refractivity contribution >= 4 is 11.7 Å². The molecule has 120 valence electrons. The third kappa shape index (κ3) is 2.70. The van der Waals surface area contributed by atoms with Crippen LogP contribution >= 0.6 is 0 Å². The molecule has 3 aliphatic heterocycles. The summed E-state index contributed by atoms with van der Waals surface area (Å²) < 4.78 is 2.02. The van der Waals surface area contributed by atoms with E-state index in [1.165, 1.54) is 39.0 Å². The highest BCUT2D eigenvalue weighted by Crippen LogP contribution is 2.24. The summed E-state index contributed by atoms with van der Waals surface area (Å²) in [6.45, 7) is 8.51. The van der Waals surface area contributed by atoms with E-state index in [4.69, 9.17) is 0 Å². The van der Waals surface area contributed by atoms with Crippen molar-refractivity contribution in [3.63, 3.8) is 0 Å². The second-order valence-corrected chi connectivity index (χ2v) is 6.52. The van der Waals surface area contributed by atoms with E-state index in [2.05, 4.69) is 20.2 Å². The van der Waals surface area contributed by atoms with Crippen molar-refractivity contribution in [1.82, 2.24) is 24.9 Å². The van der Waals surface area contributed by atoms with Gasteiger partial charge in [0.15, 0.2) is 0 Å². The van der Waals surface area contributed by atoms with Gasteiger partial charge in [-0.3, -0.25) is 14.5 Å². The number of urea groups is 1. The molecule has 1 aromatic heterocycles. The minimum absolute atomic E-state index is 0.0135. The predicted octanol–water partition coefficient (Wildman–Crippen LogP) is 0.365. The number of anilines is 1. The monoisotopic (exact) mass is 304 g/mol. The first-order valence-electron chi connectivity index (χ1n) is 8.34. The Bertz CT molecular complexity index is 532. The smallest absolute Gasteiger partial charge is 0.322 e. The molecule has 7 heteroatoms. The molecule has 0 aromatic carbocycles. The zero-order valence-electron chi connectivity index (χ0n) is 12.9. The van der Waals surface area contributed by atoms with Crippen molar-refractivity contribution in [2.24, 2.45) is 0 Å². The van der Waals surface area contributed by atoms with Gasteiger partial charge in [0.05, 0.1) is 17.9 Å². The lowest BCUT2D eigenvalue weighted by Gasteiger charge is -2.39. The van der Waals surface area contributed by atoms with Crippen LogP contribution in [0.2, 0.25) is 0 Å². The fourth-order valence-electron chi connectivity index (χ4n) is 3.57. The van der Waals surface area contributed by atoms with E-state index in [-0.39, 0.29) is 6.03 Å². The molecule has 0 atom stereocenters. The Balaban J connectivity index is 1.26. The number of hydrogen-bond donors (Lipinski definition) is 1. The average molecular weight is 304 g/mol. The minimum Gasteiger partial charge on any atom is -0.336 e. The summed E-state index contributed by atoms with van der Waals surface area (Å²) in [6, 6.07) is 0.443. The van der Waals surface area contributed by atoms with Gasteiger partial charge in [-0.15, -0.1) is 0 Å².